The van der Waals surface area contributed by atoms with Crippen molar-refractivity contribution >= 4 is 17.8 Å². The average Bonchev–Trinajstić information content (AvgIpc) is 2.83. The standard InChI is InChI=1S/C19H32N4O4/c1-14-12-22(13-15(2)27-14)11-9-20-16(24)6-10-23-17(25)19(21-18(23)26)7-4-3-5-8-19/h14-15H,3-13H2,1-2H3,(H,20,24)(H,21,26). The molecule has 1 saturated carbocycles. The van der Waals surface area contributed by atoms with Crippen molar-refractivity contribution in [2.45, 2.75) is 70.1 Å². The third-order valence-corrected chi connectivity index (χ3v) is 5.76. The number of rotatable bonds is 6. The molecule has 2 unspecified atom stereocenters. The molecule has 0 aromatic carbocycles. The van der Waals surface area contributed by atoms with E-state index in [9.17, 15) is 14.4 Å². The van der Waals surface area contributed by atoms with Gasteiger partial charge in [-0.15, -0.1) is 0 Å². The zero-order valence-electron chi connectivity index (χ0n) is 16.5. The molecule has 8 heteroatoms. The number of urea groups is 1. The number of hydrogen-bond acceptors (Lipinski definition) is 5. The van der Waals surface area contributed by atoms with Gasteiger partial charge in [0.2, 0.25) is 5.91 Å². The maximum Gasteiger partial charge on any atom is 0.325 e. The molecule has 1 spiro atoms. The molecule has 2 heterocycles. The highest BCUT2D eigenvalue weighted by atomic mass is 16.5. The first-order valence-electron chi connectivity index (χ1n) is 10.2. The summed E-state index contributed by atoms with van der Waals surface area (Å²) in [5, 5.41) is 5.77. The number of morpholine rings is 1. The summed E-state index contributed by atoms with van der Waals surface area (Å²) in [5.74, 6) is -0.286. The van der Waals surface area contributed by atoms with Gasteiger partial charge in [0.1, 0.15) is 5.54 Å². The van der Waals surface area contributed by atoms with E-state index in [1.54, 1.807) is 0 Å². The summed E-state index contributed by atoms with van der Waals surface area (Å²) in [7, 11) is 0. The zero-order valence-corrected chi connectivity index (χ0v) is 16.5. The van der Waals surface area contributed by atoms with Crippen molar-refractivity contribution in [1.29, 1.82) is 0 Å². The summed E-state index contributed by atoms with van der Waals surface area (Å²) in [6, 6.07) is -0.356. The van der Waals surface area contributed by atoms with Gasteiger partial charge in [-0.2, -0.15) is 0 Å². The van der Waals surface area contributed by atoms with Crippen LogP contribution in [0.5, 0.6) is 0 Å². The second kappa shape index (κ2) is 8.56. The van der Waals surface area contributed by atoms with E-state index in [-0.39, 0.29) is 43.0 Å². The summed E-state index contributed by atoms with van der Waals surface area (Å²) >= 11 is 0. The van der Waals surface area contributed by atoms with E-state index in [1.165, 1.54) is 4.90 Å². The Kier molecular flexibility index (Phi) is 6.37. The van der Waals surface area contributed by atoms with Crippen LogP contribution in [0.4, 0.5) is 4.79 Å². The van der Waals surface area contributed by atoms with Crippen LogP contribution >= 0.6 is 0 Å². The predicted octanol–water partition coefficient (Wildman–Crippen LogP) is 0.857. The molecule has 3 fully saturated rings. The van der Waals surface area contributed by atoms with Gasteiger partial charge < -0.3 is 15.4 Å². The first-order chi connectivity index (χ1) is 12.9. The minimum absolute atomic E-state index is 0.130. The molecule has 0 bridgehead atoms. The highest BCUT2D eigenvalue weighted by molar-refractivity contribution is 6.07. The summed E-state index contributed by atoms with van der Waals surface area (Å²) in [6.07, 6.45) is 4.98. The lowest BCUT2D eigenvalue weighted by Gasteiger charge is -2.35. The third kappa shape index (κ3) is 4.79. The van der Waals surface area contributed by atoms with Crippen molar-refractivity contribution in [1.82, 2.24) is 20.4 Å². The van der Waals surface area contributed by atoms with Crippen LogP contribution in [-0.4, -0.2) is 78.1 Å². The van der Waals surface area contributed by atoms with Crippen molar-refractivity contribution in [2.24, 2.45) is 0 Å². The lowest BCUT2D eigenvalue weighted by molar-refractivity contribution is -0.132. The molecule has 1 aliphatic carbocycles. The van der Waals surface area contributed by atoms with Gasteiger partial charge in [0, 0.05) is 39.1 Å². The van der Waals surface area contributed by atoms with Crippen LogP contribution in [-0.2, 0) is 14.3 Å². The van der Waals surface area contributed by atoms with E-state index < -0.39 is 5.54 Å². The third-order valence-electron chi connectivity index (χ3n) is 5.76. The molecule has 8 nitrogen and oxygen atoms in total. The Hall–Kier alpha value is -1.67. The van der Waals surface area contributed by atoms with Gasteiger partial charge in [-0.3, -0.25) is 19.4 Å². The van der Waals surface area contributed by atoms with Crippen LogP contribution in [0.15, 0.2) is 0 Å². The van der Waals surface area contributed by atoms with Crippen molar-refractivity contribution in [3.8, 4) is 0 Å². The molecule has 2 N–H and O–H groups in total. The van der Waals surface area contributed by atoms with Crippen molar-refractivity contribution in [3.63, 3.8) is 0 Å². The molecule has 4 amide bonds. The number of nitrogens with zero attached hydrogens (tertiary/aromatic N) is 2. The van der Waals surface area contributed by atoms with E-state index in [0.29, 0.717) is 19.4 Å². The molecule has 0 radical (unpaired) electrons. The minimum Gasteiger partial charge on any atom is -0.373 e. The maximum atomic E-state index is 12.7. The van der Waals surface area contributed by atoms with E-state index >= 15 is 0 Å². The second-order valence-electron chi connectivity index (χ2n) is 8.15. The first kappa shape index (κ1) is 20.1. The minimum atomic E-state index is -0.713. The van der Waals surface area contributed by atoms with E-state index in [0.717, 1.165) is 38.9 Å². The Morgan fingerprint density at radius 1 is 1.15 bits per heavy atom. The lowest BCUT2D eigenvalue weighted by atomic mass is 9.82. The quantitative estimate of drug-likeness (QED) is 0.667. The largest absolute Gasteiger partial charge is 0.373 e. The number of ether oxygens (including phenoxy) is 1. The van der Waals surface area contributed by atoms with Crippen molar-refractivity contribution in [2.75, 3.05) is 32.7 Å². The van der Waals surface area contributed by atoms with E-state index in [4.69, 9.17) is 4.74 Å². The molecule has 3 rings (SSSR count). The van der Waals surface area contributed by atoms with Crippen LogP contribution in [0, 0.1) is 0 Å². The Labute approximate surface area is 161 Å². The summed E-state index contributed by atoms with van der Waals surface area (Å²) < 4.78 is 5.70. The topological polar surface area (TPSA) is 91.0 Å². The summed E-state index contributed by atoms with van der Waals surface area (Å²) in [6.45, 7) is 7.31. The fourth-order valence-corrected chi connectivity index (χ4v) is 4.50. The number of carbonyl (C=O) groups excluding carboxylic acids is 3. The Morgan fingerprint density at radius 2 is 1.81 bits per heavy atom. The monoisotopic (exact) mass is 380 g/mol. The lowest BCUT2D eigenvalue weighted by Crippen LogP contribution is -2.48. The second-order valence-corrected chi connectivity index (χ2v) is 8.15. The van der Waals surface area contributed by atoms with Gasteiger partial charge >= 0.3 is 6.03 Å². The molecule has 0 aromatic heterocycles. The van der Waals surface area contributed by atoms with Crippen molar-refractivity contribution < 1.29 is 19.1 Å². The maximum absolute atomic E-state index is 12.7. The molecular formula is C19H32N4O4. The Balaban J connectivity index is 1.39. The Morgan fingerprint density at radius 3 is 2.48 bits per heavy atom. The van der Waals surface area contributed by atoms with Crippen molar-refractivity contribution in [3.05, 3.63) is 0 Å². The fraction of sp³-hybridized carbons (Fsp3) is 0.842. The highest BCUT2D eigenvalue weighted by Gasteiger charge is 2.51. The number of hydrogen-bond donors (Lipinski definition) is 2. The highest BCUT2D eigenvalue weighted by Crippen LogP contribution is 2.33. The molecule has 3 aliphatic rings. The van der Waals surface area contributed by atoms with Gasteiger partial charge in [-0.25, -0.2) is 4.79 Å². The normalized spacial score (nSPS) is 28.4. The zero-order chi connectivity index (χ0) is 19.4. The summed E-state index contributed by atoms with van der Waals surface area (Å²) in [4.78, 5) is 40.5. The molecule has 2 aliphatic heterocycles. The SMILES string of the molecule is CC1CN(CCNC(=O)CCN2C(=O)NC3(CCCCC3)C2=O)CC(C)O1. The number of amides is 4. The van der Waals surface area contributed by atoms with Crippen LogP contribution in [0.3, 0.4) is 0 Å². The van der Waals surface area contributed by atoms with Crippen LogP contribution in [0.1, 0.15) is 52.4 Å². The molecule has 0 aromatic rings. The number of nitrogens with one attached hydrogen (secondary N) is 2. The number of carbonyl (C=O) groups is 3. The molecule has 2 atom stereocenters. The van der Waals surface area contributed by atoms with Crippen LogP contribution < -0.4 is 10.6 Å². The smallest absolute Gasteiger partial charge is 0.325 e. The number of imide groups is 1. The van der Waals surface area contributed by atoms with Gasteiger partial charge in [0.25, 0.3) is 5.91 Å². The van der Waals surface area contributed by atoms with Crippen LogP contribution in [0.25, 0.3) is 0 Å². The fourth-order valence-electron chi connectivity index (χ4n) is 4.50. The molecule has 2 saturated heterocycles. The first-order valence-corrected chi connectivity index (χ1v) is 10.2. The van der Waals surface area contributed by atoms with Gasteiger partial charge in [0.15, 0.2) is 0 Å². The van der Waals surface area contributed by atoms with Gasteiger partial charge in [-0.1, -0.05) is 19.3 Å². The van der Waals surface area contributed by atoms with E-state index in [2.05, 4.69) is 29.4 Å². The average molecular weight is 380 g/mol. The molecule has 152 valence electrons. The molecule has 27 heavy (non-hydrogen) atoms. The molecular weight excluding hydrogens is 348 g/mol. The predicted molar refractivity (Wildman–Crippen MR) is 100 cm³/mol. The van der Waals surface area contributed by atoms with Crippen LogP contribution in [0.2, 0.25) is 0 Å². The summed E-state index contributed by atoms with van der Waals surface area (Å²) in [5.41, 5.74) is -0.713. The van der Waals surface area contributed by atoms with E-state index in [1.807, 2.05) is 0 Å². The van der Waals surface area contributed by atoms with Gasteiger partial charge in [-0.05, 0) is 26.7 Å². The van der Waals surface area contributed by atoms with Gasteiger partial charge in [0.05, 0.1) is 12.2 Å². The Bertz CT molecular complexity index is 566.